The molecule has 0 aromatic heterocycles. The number of hydrogen-bond donors (Lipinski definition) is 1. The number of carbonyl (C=O) groups is 1. The average Bonchev–Trinajstić information content (AvgIpc) is 2.05. The van der Waals surface area contributed by atoms with Gasteiger partial charge in [-0.3, -0.25) is 0 Å². The van der Waals surface area contributed by atoms with Crippen molar-refractivity contribution < 1.29 is 34.5 Å². The van der Waals surface area contributed by atoms with Crippen molar-refractivity contribution in [2.24, 2.45) is 0 Å². The molecule has 2 nitrogen and oxygen atoms in total. The van der Waals surface area contributed by atoms with Crippen LogP contribution in [0, 0.1) is 0 Å². The zero-order valence-corrected chi connectivity index (χ0v) is 12.6. The maximum absolute atomic E-state index is 10.7. The van der Waals surface area contributed by atoms with Gasteiger partial charge in [0.2, 0.25) is 0 Å². The number of hydrogen-bond acceptors (Lipinski definition) is 1. The molecule has 0 radical (unpaired) electrons. The van der Waals surface area contributed by atoms with E-state index in [-0.39, 0.29) is 0 Å². The first kappa shape index (κ1) is 9.71. The Bertz CT molecular complexity index is 284. The van der Waals surface area contributed by atoms with E-state index in [0.29, 0.717) is 5.56 Å². The molecule has 0 atom stereocenters. The van der Waals surface area contributed by atoms with Crippen molar-refractivity contribution in [3.63, 3.8) is 0 Å². The molecule has 0 spiro atoms. The molecule has 0 unspecified atom stereocenters. The van der Waals surface area contributed by atoms with E-state index in [0.717, 1.165) is 3.07 Å². The monoisotopic (exact) mass is 352 g/mol. The Morgan fingerprint density at radius 3 is 2.75 bits per heavy atom. The molecule has 0 aliphatic carbocycles. The summed E-state index contributed by atoms with van der Waals surface area (Å²) in [6, 6.07) is 7.38. The van der Waals surface area contributed by atoms with E-state index in [9.17, 15) is 4.79 Å². The Hall–Kier alpha value is -0.375. The van der Waals surface area contributed by atoms with E-state index in [1.54, 1.807) is 12.1 Å². The number of carboxylic acid groups (broad SMARTS) is 1. The van der Waals surface area contributed by atoms with E-state index < -0.39 is 30.5 Å². The fraction of sp³-hybridized carbons (Fsp3) is 0.222. The van der Waals surface area contributed by atoms with E-state index in [4.69, 9.17) is 5.11 Å². The first-order chi connectivity index (χ1) is 5.75. The van der Waals surface area contributed by atoms with Crippen LogP contribution >= 0.6 is 0 Å². The molecule has 0 heterocycles. The second kappa shape index (κ2) is 4.60. The molecule has 60 valence electrons. The Morgan fingerprint density at radius 2 is 2.17 bits per heavy atom. The van der Waals surface area contributed by atoms with Crippen molar-refractivity contribution in [1.29, 1.82) is 0 Å². The second-order valence-corrected chi connectivity index (χ2v) is 11.5. The van der Waals surface area contributed by atoms with Crippen LogP contribution in [-0.2, 0) is 24.6 Å². The van der Waals surface area contributed by atoms with Crippen LogP contribution < -0.4 is 3.07 Å². The fourth-order valence-corrected chi connectivity index (χ4v) is 6.58. The topological polar surface area (TPSA) is 37.3 Å². The molecule has 3 heteroatoms. The SMILES string of the molecule is C[CH2][Hg][c]1ccccc1C(=O)O. The summed E-state index contributed by atoms with van der Waals surface area (Å²) in [5.74, 6) is -0.779. The zero-order valence-electron chi connectivity index (χ0n) is 7.08. The van der Waals surface area contributed by atoms with Crippen molar-refractivity contribution in [2.45, 2.75) is 10.9 Å². The van der Waals surface area contributed by atoms with Gasteiger partial charge >= 0.3 is 84.2 Å². The van der Waals surface area contributed by atoms with Crippen LogP contribution in [0.5, 0.6) is 0 Å². The zero-order chi connectivity index (χ0) is 8.97. The Morgan fingerprint density at radius 1 is 1.50 bits per heavy atom. The van der Waals surface area contributed by atoms with Gasteiger partial charge < -0.3 is 0 Å². The molecule has 0 saturated heterocycles. The van der Waals surface area contributed by atoms with Crippen molar-refractivity contribution in [3.05, 3.63) is 29.8 Å². The molecule has 0 saturated carbocycles. The number of aromatic carboxylic acids is 1. The van der Waals surface area contributed by atoms with Crippen LogP contribution in [0.1, 0.15) is 17.3 Å². The summed E-state index contributed by atoms with van der Waals surface area (Å²) in [4.78, 5) is 10.7. The van der Waals surface area contributed by atoms with Crippen LogP contribution in [0.25, 0.3) is 0 Å². The van der Waals surface area contributed by atoms with Gasteiger partial charge in [-0.15, -0.1) is 0 Å². The average molecular weight is 351 g/mol. The molecule has 0 amide bonds. The summed E-state index contributed by atoms with van der Waals surface area (Å²) >= 11 is -1.07. The summed E-state index contributed by atoms with van der Waals surface area (Å²) in [5, 5.41) is 8.83. The van der Waals surface area contributed by atoms with E-state index >= 15 is 0 Å². The van der Waals surface area contributed by atoms with Crippen LogP contribution in [-0.4, -0.2) is 11.1 Å². The number of rotatable bonds is 3. The predicted octanol–water partition coefficient (Wildman–Crippen LogP) is 1.53. The third-order valence-corrected chi connectivity index (χ3v) is 8.20. The number of benzene rings is 1. The van der Waals surface area contributed by atoms with Crippen molar-refractivity contribution in [2.75, 3.05) is 0 Å². The number of carboxylic acids is 1. The van der Waals surface area contributed by atoms with Gasteiger partial charge in [-0.25, -0.2) is 0 Å². The van der Waals surface area contributed by atoms with Crippen LogP contribution in [0.15, 0.2) is 24.3 Å². The molecule has 0 bridgehead atoms. The normalized spacial score (nSPS) is 9.08. The fourth-order valence-electron chi connectivity index (χ4n) is 1.22. The van der Waals surface area contributed by atoms with Gasteiger partial charge in [-0.1, -0.05) is 0 Å². The van der Waals surface area contributed by atoms with Crippen LogP contribution in [0.2, 0.25) is 3.93 Å². The van der Waals surface area contributed by atoms with Crippen molar-refractivity contribution in [3.8, 4) is 0 Å². The molecule has 0 aliphatic rings. The molecule has 1 aromatic rings. The summed E-state index contributed by atoms with van der Waals surface area (Å²) in [6.45, 7) is 2.14. The molecule has 0 aliphatic heterocycles. The van der Waals surface area contributed by atoms with E-state index in [1.165, 1.54) is 3.93 Å². The maximum atomic E-state index is 10.7. The molecule has 1 aromatic carbocycles. The van der Waals surface area contributed by atoms with Crippen molar-refractivity contribution >= 4 is 9.04 Å². The molecule has 1 N–H and O–H groups in total. The minimum atomic E-state index is -1.07. The third kappa shape index (κ3) is 2.30. The summed E-state index contributed by atoms with van der Waals surface area (Å²) in [5.41, 5.74) is 0.529. The standard InChI is InChI=1S/C7H5O2.C2H5.Hg/c8-7(9)6-4-2-1-3-5-6;1-2;/h1-4H,(H,8,9);1H2,2H3;. The quantitative estimate of drug-likeness (QED) is 0.840. The van der Waals surface area contributed by atoms with Crippen molar-refractivity contribution in [1.82, 2.24) is 0 Å². The van der Waals surface area contributed by atoms with Gasteiger partial charge in [0.05, 0.1) is 0 Å². The molecular formula is C9H10HgO2. The predicted molar refractivity (Wildman–Crippen MR) is 43.5 cm³/mol. The first-order valence-electron chi connectivity index (χ1n) is 4.07. The molecular weight excluding hydrogens is 341 g/mol. The van der Waals surface area contributed by atoms with Gasteiger partial charge in [-0.05, 0) is 0 Å². The van der Waals surface area contributed by atoms with Gasteiger partial charge in [0.1, 0.15) is 0 Å². The summed E-state index contributed by atoms with van der Waals surface area (Å²) < 4.78 is 2.34. The second-order valence-electron chi connectivity index (χ2n) is 2.71. The van der Waals surface area contributed by atoms with E-state index in [2.05, 4.69) is 6.92 Å². The van der Waals surface area contributed by atoms with Crippen LogP contribution in [0.3, 0.4) is 0 Å². The Kier molecular flexibility index (Phi) is 3.72. The van der Waals surface area contributed by atoms with Gasteiger partial charge in [-0.2, -0.15) is 0 Å². The Balaban J connectivity index is 3.00. The van der Waals surface area contributed by atoms with Gasteiger partial charge in [0.25, 0.3) is 0 Å². The summed E-state index contributed by atoms with van der Waals surface area (Å²) in [6.07, 6.45) is 0. The molecule has 12 heavy (non-hydrogen) atoms. The van der Waals surface area contributed by atoms with Gasteiger partial charge in [0, 0.05) is 0 Å². The Labute approximate surface area is 84.0 Å². The van der Waals surface area contributed by atoms with Gasteiger partial charge in [0.15, 0.2) is 0 Å². The minimum absolute atomic E-state index is 0.529. The van der Waals surface area contributed by atoms with Crippen LogP contribution in [0.4, 0.5) is 0 Å². The first-order valence-corrected chi connectivity index (χ1v) is 10.7. The molecule has 1 rings (SSSR count). The summed E-state index contributed by atoms with van der Waals surface area (Å²) in [7, 11) is 0. The van der Waals surface area contributed by atoms with E-state index in [1.807, 2.05) is 12.1 Å². The third-order valence-electron chi connectivity index (χ3n) is 1.77. The molecule has 0 fully saturated rings.